The van der Waals surface area contributed by atoms with Gasteiger partial charge in [0.05, 0.1) is 11.2 Å². The van der Waals surface area contributed by atoms with Crippen molar-refractivity contribution in [1.29, 1.82) is 0 Å². The number of carbonyl (C=O) groups excluding carboxylic acids is 2. The summed E-state index contributed by atoms with van der Waals surface area (Å²) < 4.78 is 12.7. The largest absolute Gasteiger partial charge is 0.377 e. The Morgan fingerprint density at radius 2 is 2.20 bits per heavy atom. The van der Waals surface area contributed by atoms with E-state index in [1.807, 2.05) is 0 Å². The van der Waals surface area contributed by atoms with Crippen molar-refractivity contribution in [3.63, 3.8) is 0 Å². The highest BCUT2D eigenvalue weighted by molar-refractivity contribution is 5.94. The highest BCUT2D eigenvalue weighted by Crippen LogP contribution is 2.37. The van der Waals surface area contributed by atoms with Gasteiger partial charge in [0.2, 0.25) is 5.91 Å². The Hall–Kier alpha value is -2.19. The van der Waals surface area contributed by atoms with Crippen LogP contribution in [0.15, 0.2) is 23.1 Å². The second-order valence-electron chi connectivity index (χ2n) is 6.59. The molecule has 1 spiro atoms. The minimum atomic E-state index is -0.635. The number of ether oxygens (including phenoxy) is 2. The fourth-order valence-electron chi connectivity index (χ4n) is 3.72. The van der Waals surface area contributed by atoms with Crippen LogP contribution in [0.1, 0.15) is 29.6 Å². The van der Waals surface area contributed by atoms with Crippen molar-refractivity contribution in [3.05, 3.63) is 34.2 Å². The molecule has 3 rings (SSSR count). The maximum atomic E-state index is 12.8. The summed E-state index contributed by atoms with van der Waals surface area (Å²) in [5, 5.41) is 0. The first-order valence-electron chi connectivity index (χ1n) is 8.40. The summed E-state index contributed by atoms with van der Waals surface area (Å²) in [4.78, 5) is 37.3. The molecule has 0 aliphatic carbocycles. The summed E-state index contributed by atoms with van der Waals surface area (Å²) in [5.41, 5.74) is 4.82. The molecule has 2 saturated heterocycles. The van der Waals surface area contributed by atoms with E-state index in [2.05, 4.69) is 0 Å². The maximum absolute atomic E-state index is 12.8. The lowest BCUT2D eigenvalue weighted by molar-refractivity contribution is -0.136. The number of rotatable bonds is 4. The number of likely N-dealkylation sites (tertiary alicyclic amines) is 1. The molecule has 1 aromatic rings. The van der Waals surface area contributed by atoms with Crippen molar-refractivity contribution in [2.45, 2.75) is 37.5 Å². The first-order valence-corrected chi connectivity index (χ1v) is 8.40. The number of hydrogen-bond acceptors (Lipinski definition) is 5. The molecule has 2 N–H and O–H groups in total. The smallest absolute Gasteiger partial charge is 0.255 e. The zero-order chi connectivity index (χ0) is 18.0. The van der Waals surface area contributed by atoms with Crippen LogP contribution in [0.2, 0.25) is 0 Å². The molecule has 0 unspecified atom stereocenters. The normalized spacial score (nSPS) is 26.1. The van der Waals surface area contributed by atoms with E-state index in [1.165, 1.54) is 18.3 Å². The molecule has 2 aliphatic rings. The Labute approximate surface area is 145 Å². The molecule has 1 aromatic heterocycles. The molecular formula is C17H23N3O5. The van der Waals surface area contributed by atoms with E-state index in [0.717, 1.165) is 30.4 Å². The zero-order valence-electron chi connectivity index (χ0n) is 14.3. The van der Waals surface area contributed by atoms with Gasteiger partial charge in [0.1, 0.15) is 12.6 Å². The van der Waals surface area contributed by atoms with Gasteiger partial charge in [-0.15, -0.1) is 0 Å². The highest BCUT2D eigenvalue weighted by Gasteiger charge is 2.47. The molecule has 25 heavy (non-hydrogen) atoms. The van der Waals surface area contributed by atoms with Crippen molar-refractivity contribution >= 4 is 11.8 Å². The number of nitrogens with two attached hydrogens (primary N) is 1. The SMILES string of the molecule is CO[C@H]1CN(C(=O)c2ccc(=O)n(CC(N)=O)c2)CC[C@@]12CCCO2. The molecule has 3 heterocycles. The molecule has 8 nitrogen and oxygen atoms in total. The van der Waals surface area contributed by atoms with E-state index in [9.17, 15) is 14.4 Å². The van der Waals surface area contributed by atoms with E-state index >= 15 is 0 Å². The monoisotopic (exact) mass is 349 g/mol. The van der Waals surface area contributed by atoms with Gasteiger partial charge in [-0.2, -0.15) is 0 Å². The van der Waals surface area contributed by atoms with Crippen molar-refractivity contribution in [1.82, 2.24) is 9.47 Å². The average molecular weight is 349 g/mol. The Morgan fingerprint density at radius 1 is 1.40 bits per heavy atom. The number of carbonyl (C=O) groups is 2. The maximum Gasteiger partial charge on any atom is 0.255 e. The van der Waals surface area contributed by atoms with Gasteiger partial charge in [0, 0.05) is 39.1 Å². The quantitative estimate of drug-likeness (QED) is 0.807. The van der Waals surface area contributed by atoms with Gasteiger partial charge in [0.25, 0.3) is 11.5 Å². The number of methoxy groups -OCH3 is 1. The molecule has 8 heteroatoms. The Balaban J connectivity index is 1.77. The third-order valence-corrected chi connectivity index (χ3v) is 5.04. The summed E-state index contributed by atoms with van der Waals surface area (Å²) >= 11 is 0. The van der Waals surface area contributed by atoms with Gasteiger partial charge in [0.15, 0.2) is 0 Å². The Morgan fingerprint density at radius 3 is 2.84 bits per heavy atom. The molecule has 2 amide bonds. The van der Waals surface area contributed by atoms with E-state index in [1.54, 1.807) is 12.0 Å². The standard InChI is InChI=1S/C17H23N3O5/c1-24-13-10-19(7-6-17(13)5-2-8-25-17)16(23)12-3-4-15(22)20(9-12)11-14(18)21/h3-4,9,13H,2,5-8,10-11H2,1H3,(H2,18,21)/t13-,17-/m0/s1. The fraction of sp³-hybridized carbons (Fsp3) is 0.588. The van der Waals surface area contributed by atoms with Crippen LogP contribution in [0.4, 0.5) is 0 Å². The highest BCUT2D eigenvalue weighted by atomic mass is 16.5. The lowest BCUT2D eigenvalue weighted by Gasteiger charge is -2.44. The molecule has 0 saturated carbocycles. The Bertz CT molecular complexity index is 723. The minimum Gasteiger partial charge on any atom is -0.377 e. The zero-order valence-corrected chi connectivity index (χ0v) is 14.3. The average Bonchev–Trinajstić information content (AvgIpc) is 3.05. The molecule has 0 radical (unpaired) electrons. The number of hydrogen-bond donors (Lipinski definition) is 1. The van der Waals surface area contributed by atoms with Crippen LogP contribution in [0, 0.1) is 0 Å². The van der Waals surface area contributed by atoms with Crippen LogP contribution in [0.25, 0.3) is 0 Å². The van der Waals surface area contributed by atoms with Crippen molar-refractivity contribution in [2.75, 3.05) is 26.8 Å². The predicted molar refractivity (Wildman–Crippen MR) is 89.1 cm³/mol. The van der Waals surface area contributed by atoms with Gasteiger partial charge >= 0.3 is 0 Å². The van der Waals surface area contributed by atoms with Crippen LogP contribution in [0.5, 0.6) is 0 Å². The van der Waals surface area contributed by atoms with E-state index in [-0.39, 0.29) is 29.7 Å². The van der Waals surface area contributed by atoms with Crippen LogP contribution in [0.3, 0.4) is 0 Å². The van der Waals surface area contributed by atoms with Crippen LogP contribution < -0.4 is 11.3 Å². The second-order valence-corrected chi connectivity index (χ2v) is 6.59. The van der Waals surface area contributed by atoms with Gasteiger partial charge in [-0.3, -0.25) is 14.4 Å². The van der Waals surface area contributed by atoms with Gasteiger partial charge in [-0.25, -0.2) is 0 Å². The Kier molecular flexibility index (Phi) is 4.91. The number of nitrogens with zero attached hydrogens (tertiary/aromatic N) is 2. The minimum absolute atomic E-state index is 0.177. The fourth-order valence-corrected chi connectivity index (χ4v) is 3.72. The van der Waals surface area contributed by atoms with Crippen molar-refractivity contribution < 1.29 is 19.1 Å². The van der Waals surface area contributed by atoms with Crippen LogP contribution >= 0.6 is 0 Å². The molecular weight excluding hydrogens is 326 g/mol. The molecule has 0 aromatic carbocycles. The summed E-state index contributed by atoms with van der Waals surface area (Å²) in [5.74, 6) is -0.836. The number of pyridine rings is 1. The summed E-state index contributed by atoms with van der Waals surface area (Å²) in [6.45, 7) is 1.47. The molecule has 2 atom stereocenters. The third kappa shape index (κ3) is 3.45. The summed E-state index contributed by atoms with van der Waals surface area (Å²) in [6.07, 6.45) is 3.87. The third-order valence-electron chi connectivity index (χ3n) is 5.04. The molecule has 2 aliphatic heterocycles. The number of primary amides is 1. The van der Waals surface area contributed by atoms with E-state index < -0.39 is 5.91 Å². The number of aromatic nitrogens is 1. The summed E-state index contributed by atoms with van der Waals surface area (Å²) in [7, 11) is 1.63. The first kappa shape index (κ1) is 17.6. The van der Waals surface area contributed by atoms with Gasteiger partial charge in [-0.05, 0) is 25.3 Å². The number of amides is 2. The molecule has 136 valence electrons. The predicted octanol–water partition coefficient (Wildman–Crippen LogP) is -0.256. The lowest BCUT2D eigenvalue weighted by Crippen LogP contribution is -2.57. The second kappa shape index (κ2) is 6.97. The van der Waals surface area contributed by atoms with Gasteiger partial charge in [-0.1, -0.05) is 0 Å². The number of piperidine rings is 1. The first-order chi connectivity index (χ1) is 11.9. The van der Waals surface area contributed by atoms with Crippen molar-refractivity contribution in [2.24, 2.45) is 5.73 Å². The van der Waals surface area contributed by atoms with Crippen LogP contribution in [-0.4, -0.2) is 59.8 Å². The lowest BCUT2D eigenvalue weighted by atomic mass is 9.85. The summed E-state index contributed by atoms with van der Waals surface area (Å²) in [6, 6.07) is 2.75. The molecule has 2 fully saturated rings. The topological polar surface area (TPSA) is 104 Å². The van der Waals surface area contributed by atoms with Gasteiger partial charge < -0.3 is 24.7 Å². The molecule has 0 bridgehead atoms. The van der Waals surface area contributed by atoms with Crippen molar-refractivity contribution in [3.8, 4) is 0 Å². The van der Waals surface area contributed by atoms with Crippen LogP contribution in [-0.2, 0) is 20.8 Å². The van der Waals surface area contributed by atoms with E-state index in [0.29, 0.717) is 18.7 Å². The van der Waals surface area contributed by atoms with E-state index in [4.69, 9.17) is 15.2 Å².